The second-order valence-corrected chi connectivity index (χ2v) is 4.66. The molecular formula is C12H19N3O3. The molecule has 1 heterocycles. The Hall–Kier alpha value is -1.69. The van der Waals surface area contributed by atoms with Crippen LogP contribution in [0.1, 0.15) is 43.5 Å². The van der Waals surface area contributed by atoms with E-state index in [1.165, 1.54) is 13.1 Å². The van der Waals surface area contributed by atoms with Gasteiger partial charge in [0.1, 0.15) is 12.6 Å². The van der Waals surface area contributed by atoms with Crippen LogP contribution in [0.25, 0.3) is 0 Å². The van der Waals surface area contributed by atoms with Gasteiger partial charge in [-0.25, -0.2) is 4.98 Å². The number of carbonyl (C=O) groups excluding carboxylic acids is 2. The van der Waals surface area contributed by atoms with Gasteiger partial charge in [0.2, 0.25) is 0 Å². The van der Waals surface area contributed by atoms with Crippen LogP contribution in [0.4, 0.5) is 0 Å². The number of hydrogen-bond donors (Lipinski definition) is 2. The third kappa shape index (κ3) is 4.29. The first-order valence-electron chi connectivity index (χ1n) is 5.87. The van der Waals surface area contributed by atoms with Gasteiger partial charge in [-0.3, -0.25) is 9.59 Å². The van der Waals surface area contributed by atoms with Crippen molar-refractivity contribution in [2.24, 2.45) is 11.7 Å². The molecule has 18 heavy (non-hydrogen) atoms. The summed E-state index contributed by atoms with van der Waals surface area (Å²) in [5.74, 6) is -0.0108. The van der Waals surface area contributed by atoms with Crippen LogP contribution >= 0.6 is 0 Å². The van der Waals surface area contributed by atoms with Crippen LogP contribution in [0.2, 0.25) is 0 Å². The van der Waals surface area contributed by atoms with Gasteiger partial charge in [-0.1, -0.05) is 13.8 Å². The van der Waals surface area contributed by atoms with E-state index in [4.69, 9.17) is 10.5 Å². The van der Waals surface area contributed by atoms with E-state index in [2.05, 4.69) is 9.97 Å². The number of rotatable bonds is 6. The molecule has 0 aliphatic rings. The highest BCUT2D eigenvalue weighted by atomic mass is 16.5. The molecule has 1 rings (SSSR count). The van der Waals surface area contributed by atoms with Crippen molar-refractivity contribution in [3.8, 4) is 0 Å². The normalized spacial score (nSPS) is 12.5. The number of nitrogens with zero attached hydrogens (tertiary/aromatic N) is 1. The number of Topliss-reactive ketones (excluding diaryl/α,β-unsaturated/α-hetero) is 1. The summed E-state index contributed by atoms with van der Waals surface area (Å²) in [5.41, 5.74) is 6.26. The first-order chi connectivity index (χ1) is 8.40. The Morgan fingerprint density at radius 2 is 2.17 bits per heavy atom. The minimum atomic E-state index is -0.611. The average molecular weight is 253 g/mol. The predicted molar refractivity (Wildman–Crippen MR) is 65.8 cm³/mol. The number of imidazole rings is 1. The van der Waals surface area contributed by atoms with Crippen LogP contribution in [0.15, 0.2) is 6.20 Å². The predicted octanol–water partition coefficient (Wildman–Crippen LogP) is 1.03. The molecule has 0 saturated carbocycles. The summed E-state index contributed by atoms with van der Waals surface area (Å²) in [6, 6.07) is -0.611. The van der Waals surface area contributed by atoms with E-state index < -0.39 is 12.0 Å². The van der Waals surface area contributed by atoms with Crippen molar-refractivity contribution in [2.75, 3.05) is 0 Å². The Kier molecular flexibility index (Phi) is 5.03. The van der Waals surface area contributed by atoms with Gasteiger partial charge in [-0.15, -0.1) is 0 Å². The Labute approximate surface area is 106 Å². The third-order valence-corrected chi connectivity index (χ3v) is 2.36. The van der Waals surface area contributed by atoms with Crippen molar-refractivity contribution in [1.82, 2.24) is 9.97 Å². The Bertz CT molecular complexity index is 426. The maximum atomic E-state index is 11.5. The number of aromatic amines is 1. The van der Waals surface area contributed by atoms with E-state index in [0.29, 0.717) is 18.0 Å². The van der Waals surface area contributed by atoms with Crippen LogP contribution in [0.3, 0.4) is 0 Å². The number of H-pyrrole nitrogens is 1. The molecule has 1 atom stereocenters. The monoisotopic (exact) mass is 253 g/mol. The zero-order valence-electron chi connectivity index (χ0n) is 10.9. The van der Waals surface area contributed by atoms with Crippen LogP contribution in [0.5, 0.6) is 0 Å². The first kappa shape index (κ1) is 14.4. The Morgan fingerprint density at radius 1 is 1.50 bits per heavy atom. The number of aromatic nitrogens is 2. The summed E-state index contributed by atoms with van der Waals surface area (Å²) >= 11 is 0. The number of esters is 1. The highest BCUT2D eigenvalue weighted by Crippen LogP contribution is 2.06. The summed E-state index contributed by atoms with van der Waals surface area (Å²) < 4.78 is 5.04. The molecule has 0 fully saturated rings. The van der Waals surface area contributed by atoms with Gasteiger partial charge in [0, 0.05) is 6.92 Å². The maximum absolute atomic E-state index is 11.5. The summed E-state index contributed by atoms with van der Waals surface area (Å²) in [5, 5.41) is 0. The number of nitrogens with one attached hydrogen (secondary N) is 1. The quantitative estimate of drug-likeness (QED) is 0.582. The summed E-state index contributed by atoms with van der Waals surface area (Å²) in [6.07, 6.45) is 2.05. The molecule has 0 aliphatic carbocycles. The average Bonchev–Trinajstić information content (AvgIpc) is 2.73. The molecule has 100 valence electrons. The highest BCUT2D eigenvalue weighted by molar-refractivity contribution is 5.90. The van der Waals surface area contributed by atoms with E-state index in [9.17, 15) is 9.59 Å². The fourth-order valence-corrected chi connectivity index (χ4v) is 1.47. The van der Waals surface area contributed by atoms with Crippen molar-refractivity contribution in [1.29, 1.82) is 0 Å². The molecule has 0 spiro atoms. The standard InChI is InChI=1S/C12H19N3O3/c1-7(2)4-10(13)12(17)18-6-9-5-14-11(15-9)8(3)16/h5,7,10H,4,6,13H2,1-3H3,(H,14,15)/t10-/m0/s1. The van der Waals surface area contributed by atoms with Gasteiger partial charge in [0.25, 0.3) is 0 Å². The smallest absolute Gasteiger partial charge is 0.323 e. The van der Waals surface area contributed by atoms with Crippen LogP contribution in [0, 0.1) is 5.92 Å². The lowest BCUT2D eigenvalue weighted by Crippen LogP contribution is -2.33. The molecule has 0 aromatic carbocycles. The molecule has 0 unspecified atom stereocenters. The molecule has 3 N–H and O–H groups in total. The maximum Gasteiger partial charge on any atom is 0.323 e. The van der Waals surface area contributed by atoms with E-state index in [0.717, 1.165) is 0 Å². The molecular weight excluding hydrogens is 234 g/mol. The Balaban J connectivity index is 2.44. The van der Waals surface area contributed by atoms with Crippen LogP contribution in [-0.2, 0) is 16.1 Å². The van der Waals surface area contributed by atoms with Gasteiger partial charge in [0.15, 0.2) is 11.6 Å². The van der Waals surface area contributed by atoms with E-state index in [-0.39, 0.29) is 18.2 Å². The van der Waals surface area contributed by atoms with E-state index >= 15 is 0 Å². The fraction of sp³-hybridized carbons (Fsp3) is 0.583. The first-order valence-corrected chi connectivity index (χ1v) is 5.87. The van der Waals surface area contributed by atoms with Crippen molar-refractivity contribution in [3.05, 3.63) is 17.7 Å². The largest absolute Gasteiger partial charge is 0.458 e. The molecule has 0 saturated heterocycles. The Morgan fingerprint density at radius 3 is 2.67 bits per heavy atom. The van der Waals surface area contributed by atoms with Crippen molar-refractivity contribution in [2.45, 2.75) is 39.8 Å². The topological polar surface area (TPSA) is 98.1 Å². The van der Waals surface area contributed by atoms with Gasteiger partial charge >= 0.3 is 5.97 Å². The molecule has 0 aliphatic heterocycles. The number of carbonyl (C=O) groups is 2. The molecule has 1 aromatic rings. The molecule has 6 nitrogen and oxygen atoms in total. The molecule has 0 radical (unpaired) electrons. The number of hydrogen-bond acceptors (Lipinski definition) is 5. The van der Waals surface area contributed by atoms with Gasteiger partial charge < -0.3 is 15.5 Å². The lowest BCUT2D eigenvalue weighted by molar-refractivity contribution is -0.147. The molecule has 0 bridgehead atoms. The summed E-state index contributed by atoms with van der Waals surface area (Å²) in [7, 11) is 0. The SMILES string of the molecule is CC(=O)c1ncc(COC(=O)[C@@H](N)CC(C)C)[nH]1. The lowest BCUT2D eigenvalue weighted by Gasteiger charge is -2.12. The fourth-order valence-electron chi connectivity index (χ4n) is 1.47. The van der Waals surface area contributed by atoms with Crippen molar-refractivity contribution >= 4 is 11.8 Å². The summed E-state index contributed by atoms with van der Waals surface area (Å²) in [6.45, 7) is 5.43. The van der Waals surface area contributed by atoms with Gasteiger partial charge in [0.05, 0.1) is 11.9 Å². The van der Waals surface area contributed by atoms with Crippen molar-refractivity contribution in [3.63, 3.8) is 0 Å². The second-order valence-electron chi connectivity index (χ2n) is 4.66. The van der Waals surface area contributed by atoms with Crippen molar-refractivity contribution < 1.29 is 14.3 Å². The molecule has 0 amide bonds. The second kappa shape index (κ2) is 6.30. The third-order valence-electron chi connectivity index (χ3n) is 2.36. The lowest BCUT2D eigenvalue weighted by atomic mass is 10.1. The number of ether oxygens (including phenoxy) is 1. The summed E-state index contributed by atoms with van der Waals surface area (Å²) in [4.78, 5) is 29.2. The zero-order valence-corrected chi connectivity index (χ0v) is 10.9. The molecule has 1 aromatic heterocycles. The minimum absolute atomic E-state index is 0.0465. The number of ketones is 1. The van der Waals surface area contributed by atoms with E-state index in [1.807, 2.05) is 13.8 Å². The minimum Gasteiger partial charge on any atom is -0.458 e. The van der Waals surface area contributed by atoms with Crippen LogP contribution in [-0.4, -0.2) is 27.8 Å². The van der Waals surface area contributed by atoms with Gasteiger partial charge in [-0.2, -0.15) is 0 Å². The zero-order chi connectivity index (χ0) is 13.7. The van der Waals surface area contributed by atoms with Crippen LogP contribution < -0.4 is 5.73 Å². The van der Waals surface area contributed by atoms with E-state index in [1.54, 1.807) is 0 Å². The van der Waals surface area contributed by atoms with Gasteiger partial charge in [-0.05, 0) is 12.3 Å². The highest BCUT2D eigenvalue weighted by Gasteiger charge is 2.17. The number of nitrogens with two attached hydrogens (primary N) is 1. The molecule has 6 heteroatoms.